The van der Waals surface area contributed by atoms with Gasteiger partial charge in [0.1, 0.15) is 18.3 Å². The number of aliphatic imine (C=N–C) groups is 2. The quantitative estimate of drug-likeness (QED) is 0.116. The summed E-state index contributed by atoms with van der Waals surface area (Å²) in [5, 5.41) is 54.9. The van der Waals surface area contributed by atoms with E-state index in [2.05, 4.69) is 24.1 Å². The van der Waals surface area contributed by atoms with Gasteiger partial charge < -0.3 is 50.7 Å². The molecule has 0 spiro atoms. The Morgan fingerprint density at radius 3 is 2.25 bits per heavy atom. The van der Waals surface area contributed by atoms with Crippen molar-refractivity contribution in [1.29, 1.82) is 5.41 Å². The fraction of sp³-hybridized carbons (Fsp3) is 0.714. The molecule has 1 amide bonds. The molecule has 20 nitrogen and oxygen atoms in total. The predicted molar refractivity (Wildman–Crippen MR) is 115 cm³/mol. The minimum atomic E-state index is -5.32. The van der Waals surface area contributed by atoms with Crippen LogP contribution in [0.2, 0.25) is 0 Å². The Morgan fingerprint density at radius 1 is 1.17 bits per heavy atom. The van der Waals surface area contributed by atoms with Gasteiger partial charge in [0, 0.05) is 0 Å². The van der Waals surface area contributed by atoms with Crippen LogP contribution in [0.4, 0.5) is 0 Å². The number of aliphatic hydroxyl groups excluding tert-OH is 5. The number of ether oxygens (including phenoxy) is 1. The topological polar surface area (TPSA) is 331 Å². The molecular weight excluding hydrogens is 538 g/mol. The van der Waals surface area contributed by atoms with Crippen molar-refractivity contribution in [1.82, 2.24) is 10.2 Å². The Morgan fingerprint density at radius 2 is 1.75 bits per heavy atom. The summed E-state index contributed by atoms with van der Waals surface area (Å²) in [6.45, 7) is -2.08. The van der Waals surface area contributed by atoms with Crippen molar-refractivity contribution in [3.63, 3.8) is 0 Å². The van der Waals surface area contributed by atoms with E-state index in [1.807, 2.05) is 0 Å². The molecule has 0 aliphatic carbocycles. The summed E-state index contributed by atoms with van der Waals surface area (Å²) in [4.78, 5) is 46.9. The molecule has 3 aliphatic rings. The molecule has 3 heterocycles. The third-order valence-corrected chi connectivity index (χ3v) is 6.88. The minimum absolute atomic E-state index is 0.0377. The first-order chi connectivity index (χ1) is 16.6. The van der Waals surface area contributed by atoms with Gasteiger partial charge in [-0.3, -0.25) is 29.9 Å². The summed E-state index contributed by atoms with van der Waals surface area (Å²) in [6.07, 6.45) is -4.90. The molecule has 22 heteroatoms. The molecule has 3 aliphatic heterocycles. The zero-order valence-corrected chi connectivity index (χ0v) is 19.9. The van der Waals surface area contributed by atoms with E-state index in [0.29, 0.717) is 0 Å². The molecule has 1 fully saturated rings. The summed E-state index contributed by atoms with van der Waals surface area (Å²) >= 11 is 0. The first-order valence-electron chi connectivity index (χ1n) is 9.73. The highest BCUT2D eigenvalue weighted by Crippen LogP contribution is 2.57. The lowest BCUT2D eigenvalue weighted by Gasteiger charge is -2.28. The lowest BCUT2D eigenvalue weighted by atomic mass is 10.1. The van der Waals surface area contributed by atoms with E-state index >= 15 is 0 Å². The molecule has 0 aromatic rings. The molecule has 36 heavy (non-hydrogen) atoms. The minimum Gasteiger partial charge on any atom is -0.394 e. The summed E-state index contributed by atoms with van der Waals surface area (Å²) in [5.41, 5.74) is 3.94. The maximum Gasteiger partial charge on any atom is 0.481 e. The summed E-state index contributed by atoms with van der Waals surface area (Å²) in [5.74, 6) is -1.13. The van der Waals surface area contributed by atoms with Crippen LogP contribution in [0.25, 0.3) is 0 Å². The number of hydrogen-bond acceptors (Lipinski definition) is 15. The van der Waals surface area contributed by atoms with Gasteiger partial charge in [0.05, 0.1) is 38.3 Å². The third kappa shape index (κ3) is 7.63. The first-order valence-corrected chi connectivity index (χ1v) is 12.8. The number of hydrogen-bond donors (Lipinski definition) is 11. The molecule has 12 N–H and O–H groups in total. The molecule has 206 valence electrons. The first kappa shape index (κ1) is 30.5. The van der Waals surface area contributed by atoms with E-state index in [1.54, 1.807) is 0 Å². The second-order valence-electron chi connectivity index (χ2n) is 7.60. The largest absolute Gasteiger partial charge is 0.481 e. The number of nitrogens with two attached hydrogens (primary N) is 1. The van der Waals surface area contributed by atoms with Gasteiger partial charge in [0.15, 0.2) is 18.1 Å². The number of amides is 1. The van der Waals surface area contributed by atoms with E-state index in [9.17, 15) is 29.0 Å². The second kappa shape index (κ2) is 11.8. The predicted octanol–water partition coefficient (Wildman–Crippen LogP) is -5.50. The lowest BCUT2D eigenvalue weighted by Crippen LogP contribution is -2.53. The molecule has 2 unspecified atom stereocenters. The van der Waals surface area contributed by atoms with Crippen LogP contribution in [0.5, 0.6) is 0 Å². The van der Waals surface area contributed by atoms with Gasteiger partial charge in [-0.05, 0) is 0 Å². The molecule has 0 aromatic carbocycles. The smallest absolute Gasteiger partial charge is 0.394 e. The number of rotatable bonds is 9. The fourth-order valence-electron chi connectivity index (χ4n) is 2.81. The molecule has 3 rings (SSSR count). The van der Waals surface area contributed by atoms with E-state index in [0.717, 1.165) is 11.2 Å². The van der Waals surface area contributed by atoms with Crippen LogP contribution in [0.15, 0.2) is 9.98 Å². The zero-order valence-electron chi connectivity index (χ0n) is 18.1. The second-order valence-corrected chi connectivity index (χ2v) is 10.4. The van der Waals surface area contributed by atoms with Gasteiger partial charge in [-0.1, -0.05) is 0 Å². The fourth-order valence-corrected chi connectivity index (χ4v) is 4.40. The molecule has 0 bridgehead atoms. The lowest BCUT2D eigenvalue weighted by molar-refractivity contribution is -0.119. The van der Waals surface area contributed by atoms with E-state index in [-0.39, 0.29) is 5.84 Å². The molecule has 6 atom stereocenters. The molecule has 0 aromatic heterocycles. The zero-order chi connectivity index (χ0) is 27.5. The van der Waals surface area contributed by atoms with Crippen molar-refractivity contribution in [3.8, 4) is 0 Å². The van der Waals surface area contributed by atoms with Crippen LogP contribution in [0.3, 0.4) is 0 Å². The third-order valence-electron chi connectivity index (χ3n) is 4.73. The van der Waals surface area contributed by atoms with E-state index < -0.39 is 90.1 Å². The summed E-state index contributed by atoms with van der Waals surface area (Å²) in [6, 6.07) is -1.08. The number of phosphoric ester groups is 1. The van der Waals surface area contributed by atoms with Crippen LogP contribution in [0, 0.1) is 5.41 Å². The summed E-state index contributed by atoms with van der Waals surface area (Å²) in [7, 11) is -10.5. The average Bonchev–Trinajstić information content (AvgIpc) is 3.32. The van der Waals surface area contributed by atoms with Crippen LogP contribution in [0.1, 0.15) is 0 Å². The van der Waals surface area contributed by atoms with Gasteiger partial charge in [-0.25, -0.2) is 9.13 Å². The van der Waals surface area contributed by atoms with Crippen molar-refractivity contribution in [2.75, 3.05) is 26.4 Å². The van der Waals surface area contributed by atoms with Crippen molar-refractivity contribution in [2.45, 2.75) is 36.1 Å². The maximum atomic E-state index is 11.8. The molecule has 1 saturated heterocycles. The number of nitrogens with one attached hydrogen (secondary N) is 2. The monoisotopic (exact) mass is 564 g/mol. The Balaban J connectivity index is 0.000000493. The highest BCUT2D eigenvalue weighted by atomic mass is 31.3. The molecule has 0 saturated carbocycles. The van der Waals surface area contributed by atoms with Crippen LogP contribution < -0.4 is 11.1 Å². The number of carbonyl (C=O) groups excluding carboxylic acids is 1. The van der Waals surface area contributed by atoms with Gasteiger partial charge in [0.25, 0.3) is 5.91 Å². The van der Waals surface area contributed by atoms with Crippen molar-refractivity contribution < 1.29 is 67.7 Å². The molecule has 0 radical (unpaired) electrons. The average molecular weight is 564 g/mol. The van der Waals surface area contributed by atoms with Crippen LogP contribution in [-0.4, -0.2) is 132 Å². The standard InChI is InChI=1S/C10H15N5O11P2.C4H11NO3/c11-10-13-7-4(8(18)14-10)12-2-15(7)9-6(17)5(16)3(25-9)1-24-28(22,23)26-27(19,20)21;5-4(1-6,2-7)3-8/h2-6,9,16-17H,1H2,(H,22,23)(H2,11,14,18)(H2,19,20,21);6-8H,1-3,5H2/t3-,4?,5-,6-,9-;/m1./s1. The number of phosphoric acid groups is 2. The number of nitrogens with zero attached hydrogens (tertiary/aromatic N) is 3. The van der Waals surface area contributed by atoms with Gasteiger partial charge in [-0.2, -0.15) is 9.30 Å². The van der Waals surface area contributed by atoms with Crippen molar-refractivity contribution in [3.05, 3.63) is 0 Å². The van der Waals surface area contributed by atoms with E-state index in [1.165, 1.54) is 0 Å². The summed E-state index contributed by atoms with van der Waals surface area (Å²) < 4.78 is 35.4. The number of guanidine groups is 1. The number of fused-ring (bicyclic) bond motifs is 1. The van der Waals surface area contributed by atoms with Crippen LogP contribution in [-0.2, 0) is 27.5 Å². The van der Waals surface area contributed by atoms with Gasteiger partial charge in [-0.15, -0.1) is 0 Å². The maximum absolute atomic E-state index is 11.8. The van der Waals surface area contributed by atoms with Crippen molar-refractivity contribution >= 4 is 39.7 Å². The Hall–Kier alpha value is -1.74. The van der Waals surface area contributed by atoms with Gasteiger partial charge >= 0.3 is 15.6 Å². The van der Waals surface area contributed by atoms with Gasteiger partial charge in [0.2, 0.25) is 5.96 Å². The van der Waals surface area contributed by atoms with Crippen LogP contribution >= 0.6 is 15.6 Å². The normalized spacial score (nSPS) is 29.8. The Labute approximate surface area is 202 Å². The highest BCUT2D eigenvalue weighted by Gasteiger charge is 2.50. The Kier molecular flexibility index (Phi) is 9.96. The Bertz CT molecular complexity index is 977. The van der Waals surface area contributed by atoms with E-state index in [4.69, 9.17) is 41.0 Å². The highest BCUT2D eigenvalue weighted by molar-refractivity contribution is 7.60. The van der Waals surface area contributed by atoms with Crippen molar-refractivity contribution in [2.24, 2.45) is 15.7 Å². The number of carbonyl (C=O) groups is 1. The molecular formula is C14H26N6O14P2. The SMILES string of the molecule is N=C1N=C2C(N=CN2[C@@H]2O[C@H](COP(=O)(O)OP(=O)(O)O)[C@@H](O)[C@H]2O)C(=O)N1.NC(CO)(CO)CO. The number of amidine groups is 1. The number of aliphatic hydroxyl groups is 5.